The molecule has 0 atom stereocenters. The minimum absolute atomic E-state index is 0. The van der Waals surface area contributed by atoms with Gasteiger partial charge in [-0.2, -0.15) is 3.71 Å². The van der Waals surface area contributed by atoms with Crippen LogP contribution < -0.4 is 0 Å². The molecule has 1 amide bonds. The SMILES string of the molecule is O=C(O)N(S)S.[H-].[H-].[Mg+2].c1ccc(-c2ccccc2)cc1. The van der Waals surface area contributed by atoms with E-state index in [9.17, 15) is 4.79 Å². The van der Waals surface area contributed by atoms with Gasteiger partial charge >= 0.3 is 29.1 Å². The van der Waals surface area contributed by atoms with Crippen LogP contribution in [0.1, 0.15) is 2.85 Å². The maximum atomic E-state index is 9.47. The van der Waals surface area contributed by atoms with E-state index in [2.05, 4.69) is 74.2 Å². The van der Waals surface area contributed by atoms with Gasteiger partial charge in [-0.1, -0.05) is 60.7 Å². The predicted octanol–water partition coefficient (Wildman–Crippen LogP) is 3.85. The summed E-state index contributed by atoms with van der Waals surface area (Å²) in [5.41, 5.74) is 2.55. The third-order valence-electron chi connectivity index (χ3n) is 2.05. The van der Waals surface area contributed by atoms with Gasteiger partial charge in [0.15, 0.2) is 0 Å². The molecule has 0 heterocycles. The van der Waals surface area contributed by atoms with E-state index >= 15 is 0 Å². The summed E-state index contributed by atoms with van der Waals surface area (Å²) in [6.45, 7) is 0. The maximum absolute atomic E-state index is 9.47. The molecule has 98 valence electrons. The van der Waals surface area contributed by atoms with E-state index in [-0.39, 0.29) is 25.9 Å². The number of carboxylic acid groups (broad SMARTS) is 1. The Morgan fingerprint density at radius 1 is 0.895 bits per heavy atom. The average Bonchev–Trinajstić information content (AvgIpc) is 2.41. The van der Waals surface area contributed by atoms with Gasteiger partial charge in [-0.3, -0.25) is 0 Å². The van der Waals surface area contributed by atoms with Crippen molar-refractivity contribution in [2.24, 2.45) is 0 Å². The summed E-state index contributed by atoms with van der Waals surface area (Å²) < 4.78 is 0.472. The van der Waals surface area contributed by atoms with E-state index in [1.165, 1.54) is 11.1 Å². The number of rotatable bonds is 1. The van der Waals surface area contributed by atoms with E-state index < -0.39 is 6.09 Å². The van der Waals surface area contributed by atoms with Crippen LogP contribution in [0.5, 0.6) is 0 Å². The molecule has 0 aliphatic heterocycles. The van der Waals surface area contributed by atoms with Gasteiger partial charge in [-0.05, 0) is 36.8 Å². The van der Waals surface area contributed by atoms with Gasteiger partial charge in [-0.15, -0.1) is 0 Å². The molecule has 1 N–H and O–H groups in total. The monoisotopic (exact) mass is 305 g/mol. The second-order valence-corrected chi connectivity index (χ2v) is 4.42. The zero-order valence-corrected chi connectivity index (χ0v) is 13.4. The van der Waals surface area contributed by atoms with Crippen molar-refractivity contribution in [3.63, 3.8) is 0 Å². The van der Waals surface area contributed by atoms with Gasteiger partial charge in [0.1, 0.15) is 0 Å². The molecule has 2 rings (SSSR count). The number of benzene rings is 2. The summed E-state index contributed by atoms with van der Waals surface area (Å²) in [6.07, 6.45) is -1.18. The molecule has 19 heavy (non-hydrogen) atoms. The van der Waals surface area contributed by atoms with Crippen LogP contribution >= 0.6 is 25.6 Å². The van der Waals surface area contributed by atoms with Gasteiger partial charge < -0.3 is 7.96 Å². The van der Waals surface area contributed by atoms with Crippen LogP contribution in [0.15, 0.2) is 60.7 Å². The standard InChI is InChI=1S/C12H10.CH3NO2S2.Mg.2H/c1-3-7-11(8-4-1)12-9-5-2-6-10-12;3-1(4)2(5)6;;;/h1-10H;5-6H,(H,3,4);;;/q;;+2;2*-1. The Labute approximate surface area is 142 Å². The molecule has 0 fully saturated rings. The van der Waals surface area contributed by atoms with Crippen molar-refractivity contribution in [3.05, 3.63) is 60.7 Å². The Hall–Kier alpha value is -0.824. The van der Waals surface area contributed by atoms with Crippen LogP contribution in [0.3, 0.4) is 0 Å². The van der Waals surface area contributed by atoms with Gasteiger partial charge in [0.25, 0.3) is 0 Å². The van der Waals surface area contributed by atoms with E-state index in [0.717, 1.165) is 0 Å². The number of hydrogen-bond donors (Lipinski definition) is 3. The fourth-order valence-corrected chi connectivity index (χ4v) is 1.26. The normalized spacial score (nSPS) is 8.53. The van der Waals surface area contributed by atoms with Crippen molar-refractivity contribution in [1.29, 1.82) is 0 Å². The van der Waals surface area contributed by atoms with Crippen molar-refractivity contribution in [1.82, 2.24) is 3.71 Å². The molecule has 6 heteroatoms. The number of hydrogen-bond acceptors (Lipinski definition) is 3. The van der Waals surface area contributed by atoms with Crippen molar-refractivity contribution in [2.45, 2.75) is 0 Å². The molecule has 0 aliphatic carbocycles. The zero-order valence-electron chi connectivity index (χ0n) is 12.2. The van der Waals surface area contributed by atoms with Crippen LogP contribution in [0.4, 0.5) is 4.79 Å². The quantitative estimate of drug-likeness (QED) is 0.553. The van der Waals surface area contributed by atoms with Crippen LogP contribution in [-0.2, 0) is 0 Å². The molecule has 0 bridgehead atoms. The van der Waals surface area contributed by atoms with Crippen molar-refractivity contribution in [2.75, 3.05) is 0 Å². The fraction of sp³-hybridized carbons (Fsp3) is 0. The topological polar surface area (TPSA) is 40.5 Å². The molecule has 0 unspecified atom stereocenters. The first-order valence-electron chi connectivity index (χ1n) is 5.12. The fourth-order valence-electron chi connectivity index (χ4n) is 1.26. The minimum Gasteiger partial charge on any atom is -1.00 e. The van der Waals surface area contributed by atoms with Gasteiger partial charge in [0.2, 0.25) is 0 Å². The molecule has 2 aromatic carbocycles. The molecule has 0 aromatic heterocycles. The maximum Gasteiger partial charge on any atom is 2.00 e. The van der Waals surface area contributed by atoms with Gasteiger partial charge in [0, 0.05) is 0 Å². The Balaban J connectivity index is -0.000000320. The first-order valence-corrected chi connectivity index (χ1v) is 5.92. The molecule has 2 aromatic rings. The van der Waals surface area contributed by atoms with E-state index in [4.69, 9.17) is 5.11 Å². The van der Waals surface area contributed by atoms with Gasteiger partial charge in [-0.25, -0.2) is 4.79 Å². The third kappa shape index (κ3) is 7.36. The van der Waals surface area contributed by atoms with E-state index in [0.29, 0.717) is 3.71 Å². The summed E-state index contributed by atoms with van der Waals surface area (Å²) in [5.74, 6) is 0. The average molecular weight is 306 g/mol. The molecule has 0 spiro atoms. The van der Waals surface area contributed by atoms with E-state index in [1.807, 2.05) is 12.1 Å². The predicted molar refractivity (Wildman–Crippen MR) is 87.7 cm³/mol. The van der Waals surface area contributed by atoms with Crippen molar-refractivity contribution < 1.29 is 12.8 Å². The molecular weight excluding hydrogens is 291 g/mol. The van der Waals surface area contributed by atoms with Crippen LogP contribution in [0.25, 0.3) is 11.1 Å². The zero-order chi connectivity index (χ0) is 13.4. The molecule has 0 aliphatic rings. The largest absolute Gasteiger partial charge is 2.00 e. The summed E-state index contributed by atoms with van der Waals surface area (Å²) in [6, 6.07) is 20.8. The van der Waals surface area contributed by atoms with Crippen molar-refractivity contribution in [3.8, 4) is 11.1 Å². The Kier molecular flexibility index (Phi) is 9.59. The summed E-state index contributed by atoms with van der Waals surface area (Å²) in [4.78, 5) is 9.47. The first-order chi connectivity index (χ1) is 8.61. The van der Waals surface area contributed by atoms with Gasteiger partial charge in [0.05, 0.1) is 0 Å². The number of amides is 1. The van der Waals surface area contributed by atoms with Crippen molar-refractivity contribution >= 4 is 54.8 Å². The molecule has 0 saturated heterocycles. The summed E-state index contributed by atoms with van der Waals surface area (Å²) in [5, 5.41) is 7.76. The summed E-state index contributed by atoms with van der Waals surface area (Å²) in [7, 11) is 0. The van der Waals surface area contributed by atoms with Crippen LogP contribution in [0.2, 0.25) is 0 Å². The second kappa shape index (κ2) is 10.0. The Bertz CT molecular complexity index is 453. The smallest absolute Gasteiger partial charge is 1.00 e. The minimum atomic E-state index is -1.18. The second-order valence-electron chi connectivity index (χ2n) is 3.30. The first kappa shape index (κ1) is 18.2. The van der Waals surface area contributed by atoms with Crippen LogP contribution in [-0.4, -0.2) is 38.0 Å². The third-order valence-corrected chi connectivity index (χ3v) is 2.39. The molecule has 0 radical (unpaired) electrons. The molecular formula is C13H15MgNO2S2. The summed E-state index contributed by atoms with van der Waals surface area (Å²) >= 11 is 6.58. The Morgan fingerprint density at radius 3 is 1.37 bits per heavy atom. The number of thiol groups is 2. The Morgan fingerprint density at radius 2 is 1.16 bits per heavy atom. The van der Waals surface area contributed by atoms with E-state index in [1.54, 1.807) is 0 Å². The number of nitrogens with zero attached hydrogens (tertiary/aromatic N) is 1. The van der Waals surface area contributed by atoms with Crippen LogP contribution in [0, 0.1) is 0 Å². The molecule has 0 saturated carbocycles. The molecule has 3 nitrogen and oxygen atoms in total. The number of carbonyl (C=O) groups is 1.